The van der Waals surface area contributed by atoms with Gasteiger partial charge in [0.05, 0.1) is 11.5 Å². The second-order valence-corrected chi connectivity index (χ2v) is 5.04. The van der Waals surface area contributed by atoms with E-state index in [0.717, 1.165) is 0 Å². The van der Waals surface area contributed by atoms with Crippen LogP contribution in [0.2, 0.25) is 0 Å². The molecule has 0 bridgehead atoms. The minimum atomic E-state index is -0.167. The SMILES string of the molecule is CNC(=O)CCNC(=O)CSCC(=O)c1ccccc1. The molecule has 2 N–H and O–H groups in total. The standard InChI is InChI=1S/C14H18N2O3S/c1-15-13(18)7-8-16-14(19)10-20-9-12(17)11-5-3-2-4-6-11/h2-6H,7-10H2,1H3,(H,15,18)(H,16,19). The molecule has 0 saturated heterocycles. The van der Waals surface area contributed by atoms with Gasteiger partial charge in [0, 0.05) is 25.6 Å². The molecule has 20 heavy (non-hydrogen) atoms. The molecular weight excluding hydrogens is 276 g/mol. The number of carbonyl (C=O) groups is 3. The van der Waals surface area contributed by atoms with E-state index in [-0.39, 0.29) is 35.5 Å². The zero-order valence-electron chi connectivity index (χ0n) is 11.3. The highest BCUT2D eigenvalue weighted by Crippen LogP contribution is 2.06. The second-order valence-electron chi connectivity index (χ2n) is 4.06. The van der Waals surface area contributed by atoms with Crippen molar-refractivity contribution in [1.29, 1.82) is 0 Å². The monoisotopic (exact) mass is 294 g/mol. The van der Waals surface area contributed by atoms with Crippen LogP contribution in [-0.2, 0) is 9.59 Å². The van der Waals surface area contributed by atoms with Gasteiger partial charge in [-0.1, -0.05) is 30.3 Å². The first-order chi connectivity index (χ1) is 9.63. The Kier molecular flexibility index (Phi) is 7.42. The molecule has 0 heterocycles. The fourth-order valence-electron chi connectivity index (χ4n) is 1.44. The van der Waals surface area contributed by atoms with E-state index < -0.39 is 0 Å². The Morgan fingerprint density at radius 2 is 1.75 bits per heavy atom. The van der Waals surface area contributed by atoms with E-state index in [2.05, 4.69) is 10.6 Å². The Morgan fingerprint density at radius 3 is 2.40 bits per heavy atom. The van der Waals surface area contributed by atoms with Gasteiger partial charge in [-0.15, -0.1) is 11.8 Å². The van der Waals surface area contributed by atoms with E-state index in [1.807, 2.05) is 18.2 Å². The second kappa shape index (κ2) is 9.14. The van der Waals surface area contributed by atoms with Crippen LogP contribution in [0, 0.1) is 0 Å². The smallest absolute Gasteiger partial charge is 0.230 e. The van der Waals surface area contributed by atoms with Gasteiger partial charge < -0.3 is 10.6 Å². The lowest BCUT2D eigenvalue weighted by molar-refractivity contribution is -0.121. The van der Waals surface area contributed by atoms with E-state index in [1.54, 1.807) is 19.2 Å². The summed E-state index contributed by atoms with van der Waals surface area (Å²) in [6, 6.07) is 8.98. The fourth-order valence-corrected chi connectivity index (χ4v) is 2.18. The molecule has 0 saturated carbocycles. The topological polar surface area (TPSA) is 75.3 Å². The minimum Gasteiger partial charge on any atom is -0.359 e. The van der Waals surface area contributed by atoms with Crippen LogP contribution in [0.4, 0.5) is 0 Å². The zero-order valence-corrected chi connectivity index (χ0v) is 12.2. The molecule has 0 fully saturated rings. The summed E-state index contributed by atoms with van der Waals surface area (Å²) in [5.74, 6) is 0.213. The molecule has 0 aromatic heterocycles. The number of hydrogen-bond acceptors (Lipinski definition) is 4. The maximum atomic E-state index is 11.8. The first-order valence-corrected chi connectivity index (χ1v) is 7.42. The minimum absolute atomic E-state index is 0.00811. The first kappa shape index (κ1) is 16.2. The first-order valence-electron chi connectivity index (χ1n) is 6.26. The van der Waals surface area contributed by atoms with Crippen molar-refractivity contribution in [3.8, 4) is 0 Å². The van der Waals surface area contributed by atoms with Crippen LogP contribution in [0.1, 0.15) is 16.8 Å². The average Bonchev–Trinajstić information content (AvgIpc) is 2.47. The summed E-state index contributed by atoms with van der Waals surface area (Å²) >= 11 is 1.27. The van der Waals surface area contributed by atoms with Gasteiger partial charge in [0.1, 0.15) is 0 Å². The molecule has 1 rings (SSSR count). The summed E-state index contributed by atoms with van der Waals surface area (Å²) in [5.41, 5.74) is 0.653. The number of Topliss-reactive ketones (excluding diaryl/α,β-unsaturated/α-hetero) is 1. The summed E-state index contributed by atoms with van der Waals surface area (Å²) < 4.78 is 0. The molecule has 0 aliphatic rings. The summed E-state index contributed by atoms with van der Waals surface area (Å²) in [6.45, 7) is 0.311. The summed E-state index contributed by atoms with van der Waals surface area (Å²) in [5, 5.41) is 5.10. The molecule has 1 aromatic rings. The molecule has 5 nitrogen and oxygen atoms in total. The predicted molar refractivity (Wildman–Crippen MR) is 79.8 cm³/mol. The molecule has 2 amide bonds. The van der Waals surface area contributed by atoms with Gasteiger partial charge in [-0.05, 0) is 0 Å². The summed E-state index contributed by atoms with van der Waals surface area (Å²) in [7, 11) is 1.55. The van der Waals surface area contributed by atoms with Crippen molar-refractivity contribution in [2.75, 3.05) is 25.1 Å². The van der Waals surface area contributed by atoms with Crippen LogP contribution in [0.25, 0.3) is 0 Å². The number of hydrogen-bond donors (Lipinski definition) is 2. The molecule has 0 aliphatic carbocycles. The van der Waals surface area contributed by atoms with Crippen LogP contribution in [-0.4, -0.2) is 42.7 Å². The van der Waals surface area contributed by atoms with E-state index in [9.17, 15) is 14.4 Å². The van der Waals surface area contributed by atoms with Crippen LogP contribution in [0.15, 0.2) is 30.3 Å². The fraction of sp³-hybridized carbons (Fsp3) is 0.357. The quantitative estimate of drug-likeness (QED) is 0.697. The third-order valence-electron chi connectivity index (χ3n) is 2.52. The molecule has 0 unspecified atom stereocenters. The van der Waals surface area contributed by atoms with Gasteiger partial charge in [-0.25, -0.2) is 0 Å². The Labute approximate surface area is 122 Å². The molecule has 108 valence electrons. The van der Waals surface area contributed by atoms with Crippen LogP contribution < -0.4 is 10.6 Å². The lowest BCUT2D eigenvalue weighted by Crippen LogP contribution is -2.30. The maximum absolute atomic E-state index is 11.8. The molecule has 0 radical (unpaired) electrons. The summed E-state index contributed by atoms with van der Waals surface area (Å²) in [4.78, 5) is 34.2. The largest absolute Gasteiger partial charge is 0.359 e. The number of ketones is 1. The van der Waals surface area contributed by atoms with Crippen molar-refractivity contribution in [3.63, 3.8) is 0 Å². The van der Waals surface area contributed by atoms with Gasteiger partial charge in [0.25, 0.3) is 0 Å². The number of benzene rings is 1. The highest BCUT2D eigenvalue weighted by molar-refractivity contribution is 8.00. The predicted octanol–water partition coefficient (Wildman–Crippen LogP) is 0.855. The zero-order chi connectivity index (χ0) is 14.8. The normalized spacial score (nSPS) is 9.85. The number of rotatable bonds is 8. The Hall–Kier alpha value is -1.82. The van der Waals surface area contributed by atoms with Crippen molar-refractivity contribution < 1.29 is 14.4 Å². The van der Waals surface area contributed by atoms with E-state index in [4.69, 9.17) is 0 Å². The Balaban J connectivity index is 2.16. The molecule has 0 atom stereocenters. The lowest BCUT2D eigenvalue weighted by Gasteiger charge is -2.04. The van der Waals surface area contributed by atoms with Gasteiger partial charge in [0.15, 0.2) is 5.78 Å². The van der Waals surface area contributed by atoms with Gasteiger partial charge in [-0.2, -0.15) is 0 Å². The van der Waals surface area contributed by atoms with Crippen molar-refractivity contribution in [3.05, 3.63) is 35.9 Å². The maximum Gasteiger partial charge on any atom is 0.230 e. The molecule has 6 heteroatoms. The van der Waals surface area contributed by atoms with E-state index in [1.165, 1.54) is 11.8 Å². The van der Waals surface area contributed by atoms with Crippen molar-refractivity contribution >= 4 is 29.4 Å². The average molecular weight is 294 g/mol. The van der Waals surface area contributed by atoms with Crippen molar-refractivity contribution in [1.82, 2.24) is 10.6 Å². The van der Waals surface area contributed by atoms with Gasteiger partial charge >= 0.3 is 0 Å². The highest BCUT2D eigenvalue weighted by Gasteiger charge is 2.07. The molecular formula is C14H18N2O3S. The number of amides is 2. The number of carbonyl (C=O) groups excluding carboxylic acids is 3. The Bertz CT molecular complexity index is 463. The lowest BCUT2D eigenvalue weighted by atomic mass is 10.2. The van der Waals surface area contributed by atoms with Crippen LogP contribution in [0.3, 0.4) is 0 Å². The molecule has 0 aliphatic heterocycles. The third kappa shape index (κ3) is 6.38. The van der Waals surface area contributed by atoms with Crippen molar-refractivity contribution in [2.24, 2.45) is 0 Å². The highest BCUT2D eigenvalue weighted by atomic mass is 32.2. The molecule has 1 aromatic carbocycles. The molecule has 0 spiro atoms. The number of nitrogens with one attached hydrogen (secondary N) is 2. The Morgan fingerprint density at radius 1 is 1.05 bits per heavy atom. The van der Waals surface area contributed by atoms with Crippen LogP contribution in [0.5, 0.6) is 0 Å². The van der Waals surface area contributed by atoms with E-state index in [0.29, 0.717) is 12.1 Å². The number of thioether (sulfide) groups is 1. The van der Waals surface area contributed by atoms with E-state index >= 15 is 0 Å². The van der Waals surface area contributed by atoms with Crippen molar-refractivity contribution in [2.45, 2.75) is 6.42 Å². The summed E-state index contributed by atoms with van der Waals surface area (Å²) in [6.07, 6.45) is 0.260. The third-order valence-corrected chi connectivity index (χ3v) is 3.45. The van der Waals surface area contributed by atoms with Gasteiger partial charge in [-0.3, -0.25) is 14.4 Å². The van der Waals surface area contributed by atoms with Gasteiger partial charge in [0.2, 0.25) is 11.8 Å². The van der Waals surface area contributed by atoms with Crippen LogP contribution >= 0.6 is 11.8 Å².